The summed E-state index contributed by atoms with van der Waals surface area (Å²) in [6.45, 7) is 2.52. The molecule has 0 aromatic carbocycles. The number of phosphoric acid groups is 2. The van der Waals surface area contributed by atoms with Crippen molar-refractivity contribution >= 4 is 33.6 Å². The van der Waals surface area contributed by atoms with Crippen LogP contribution in [0, 0.1) is 0 Å². The summed E-state index contributed by atoms with van der Waals surface area (Å²) in [6, 6.07) is 0. The number of ether oxygens (including phenoxy) is 3. The fourth-order valence-electron chi connectivity index (χ4n) is 11.6. The average molecular weight is 1590 g/mol. The predicted molar refractivity (Wildman–Crippen MR) is 463 cm³/mol. The lowest BCUT2D eigenvalue weighted by molar-refractivity contribution is -0.161. The number of esters is 3. The summed E-state index contributed by atoms with van der Waals surface area (Å²) in [7, 11) is -9.82. The summed E-state index contributed by atoms with van der Waals surface area (Å²) in [5.41, 5.74) is 0. The number of carbonyl (C=O) groups excluding carboxylic acids is 3. The number of hydrogen-bond donors (Lipinski definition) is 4. The molecule has 0 aromatic heterocycles. The van der Waals surface area contributed by atoms with Crippen LogP contribution in [0.15, 0.2) is 158 Å². The molecule has 0 aliphatic heterocycles. The molecule has 5 atom stereocenters. The second-order valence-electron chi connectivity index (χ2n) is 29.0. The van der Waals surface area contributed by atoms with Gasteiger partial charge in [0.15, 0.2) is 6.10 Å². The van der Waals surface area contributed by atoms with Gasteiger partial charge in [-0.25, -0.2) is 9.13 Å². The van der Waals surface area contributed by atoms with Gasteiger partial charge in [0.1, 0.15) is 25.4 Å². The second kappa shape index (κ2) is 84.6. The van der Waals surface area contributed by atoms with E-state index in [-0.39, 0.29) is 19.3 Å². The molecule has 0 heterocycles. The van der Waals surface area contributed by atoms with Crippen LogP contribution < -0.4 is 0 Å². The summed E-state index contributed by atoms with van der Waals surface area (Å²) < 4.78 is 61.4. The van der Waals surface area contributed by atoms with Gasteiger partial charge in [0.05, 0.1) is 26.4 Å². The Morgan fingerprint density at radius 1 is 0.261 bits per heavy atom. The molecule has 0 saturated carbocycles. The van der Waals surface area contributed by atoms with E-state index in [1.54, 1.807) is 0 Å². The van der Waals surface area contributed by atoms with E-state index in [4.69, 9.17) is 32.3 Å². The van der Waals surface area contributed by atoms with Gasteiger partial charge in [-0.15, -0.1) is 0 Å². The predicted octanol–water partition coefficient (Wildman–Crippen LogP) is 26.5. The van der Waals surface area contributed by atoms with E-state index in [0.717, 1.165) is 173 Å². The molecule has 0 saturated heterocycles. The Morgan fingerprint density at radius 2 is 0.477 bits per heavy atom. The summed E-state index contributed by atoms with van der Waals surface area (Å²) in [5.74, 6) is -1.59. The number of carbonyl (C=O) groups is 3. The summed E-state index contributed by atoms with van der Waals surface area (Å²) >= 11 is 0. The summed E-state index contributed by atoms with van der Waals surface area (Å²) in [4.78, 5) is 58.9. The van der Waals surface area contributed by atoms with Crippen molar-refractivity contribution in [3.8, 4) is 0 Å². The molecule has 16 nitrogen and oxygen atoms in total. The highest BCUT2D eigenvalue weighted by Gasteiger charge is 2.29. The highest BCUT2D eigenvalue weighted by Crippen LogP contribution is 2.45. The maximum absolute atomic E-state index is 13.1. The highest BCUT2D eigenvalue weighted by atomic mass is 31.2. The average Bonchev–Trinajstić information content (AvgIpc) is 0.920. The Hall–Kier alpha value is -4.83. The second-order valence-corrected chi connectivity index (χ2v) is 31.9. The van der Waals surface area contributed by atoms with Crippen LogP contribution in [0.25, 0.3) is 0 Å². The van der Waals surface area contributed by atoms with Crippen molar-refractivity contribution < 1.29 is 75.8 Å². The number of aliphatic hydroxyl groups is 2. The van der Waals surface area contributed by atoms with Crippen molar-refractivity contribution in [3.05, 3.63) is 158 Å². The topological polar surface area (TPSA) is 231 Å². The van der Waals surface area contributed by atoms with E-state index in [2.05, 4.69) is 179 Å². The molecule has 0 radical (unpaired) electrons. The molecule has 0 bridgehead atoms. The van der Waals surface area contributed by atoms with E-state index in [0.29, 0.717) is 19.3 Å². The maximum Gasteiger partial charge on any atom is 0.472 e. The molecule has 0 rings (SSSR count). The smallest absolute Gasteiger partial charge is 0.463 e. The van der Waals surface area contributed by atoms with Crippen molar-refractivity contribution in [1.82, 2.24) is 0 Å². The highest BCUT2D eigenvalue weighted by molar-refractivity contribution is 7.47. The molecule has 18 heteroatoms. The van der Waals surface area contributed by atoms with Gasteiger partial charge in [-0.1, -0.05) is 339 Å². The molecular weight excluding hydrogens is 1430 g/mol. The van der Waals surface area contributed by atoms with Crippen molar-refractivity contribution in [2.45, 2.75) is 373 Å². The standard InChI is InChI=1S/C93H158O16P2/c1-4-7-10-13-16-19-22-25-28-31-34-37-40-42-43-45-48-49-52-55-58-61-64-67-70-73-76-79-91(96)103-82-88(94)83-105-110(99,100)106-84-89(95)85-107-111(101,102)108-87-90(109-93(98)81-78-75-72-69-66-63-60-57-54-51-46-39-36-33-30-27-24-21-18-15-12-9-6-3)86-104-92(97)80-77-74-71-68-65-62-59-56-53-50-47-44-41-38-35-32-29-26-23-20-17-14-11-8-5-2/h9,12,16-21,25-30,34-39,42-44,47,51,54,88-90,94-95H,4-8,10-11,13-15,22-24,31-33,40-41,45-46,48-50,52-53,55-87H2,1-3H3,(H,99,100)(H,101,102)/b12-9-,19-16-,20-17-,21-18-,28-25-,29-26-,30-27-,37-34-,38-35-,39-36-,43-42-,47-44-,54-51-. The lowest BCUT2D eigenvalue weighted by Crippen LogP contribution is -2.30. The largest absolute Gasteiger partial charge is 0.472 e. The van der Waals surface area contributed by atoms with Crippen LogP contribution in [-0.4, -0.2) is 95.9 Å². The first-order valence-electron chi connectivity index (χ1n) is 43.8. The third-order valence-electron chi connectivity index (χ3n) is 18.2. The molecule has 0 aromatic rings. The van der Waals surface area contributed by atoms with Crippen molar-refractivity contribution in [2.75, 3.05) is 39.6 Å². The van der Waals surface area contributed by atoms with Gasteiger partial charge in [0.25, 0.3) is 0 Å². The fraction of sp³-hybridized carbons (Fsp3) is 0.688. The van der Waals surface area contributed by atoms with Crippen LogP contribution in [0.5, 0.6) is 0 Å². The van der Waals surface area contributed by atoms with Crippen molar-refractivity contribution in [1.29, 1.82) is 0 Å². The van der Waals surface area contributed by atoms with Crippen LogP contribution in [0.4, 0.5) is 0 Å². The minimum absolute atomic E-state index is 0.0852. The Balaban J connectivity index is 4.68. The Kier molecular flexibility index (Phi) is 80.9. The van der Waals surface area contributed by atoms with Gasteiger partial charge in [0, 0.05) is 19.3 Å². The zero-order valence-corrected chi connectivity index (χ0v) is 71.6. The SMILES string of the molecule is CC/C=C\C/C=C\C/C=C\C/C=C\C/C=C\CCCCCCCCCC(=O)OC(COC(=O)CCCCCCCCCCC/C=C\C/C=C\C/C=C\C/C=C\CCCCC)COP(=O)(O)OCC(O)COP(=O)(O)OCC(O)COC(=O)CCCCCCCCCCCCC/C=C\C/C=C\C/C=C\C/C=C\CCCCC. The van der Waals surface area contributed by atoms with Crippen LogP contribution in [0.1, 0.15) is 355 Å². The van der Waals surface area contributed by atoms with E-state index < -0.39 is 91.5 Å². The fourth-order valence-corrected chi connectivity index (χ4v) is 13.2. The van der Waals surface area contributed by atoms with Gasteiger partial charge in [-0.3, -0.25) is 32.5 Å². The summed E-state index contributed by atoms with van der Waals surface area (Å²) in [5, 5.41) is 20.7. The van der Waals surface area contributed by atoms with Crippen molar-refractivity contribution in [3.63, 3.8) is 0 Å². The third kappa shape index (κ3) is 85.9. The molecule has 0 fully saturated rings. The minimum Gasteiger partial charge on any atom is -0.463 e. The molecule has 111 heavy (non-hydrogen) atoms. The van der Waals surface area contributed by atoms with Crippen LogP contribution >= 0.6 is 15.6 Å². The first-order chi connectivity index (χ1) is 54.2. The van der Waals surface area contributed by atoms with Gasteiger partial charge in [0.2, 0.25) is 0 Å². The number of aliphatic hydroxyl groups excluding tert-OH is 2. The van der Waals surface area contributed by atoms with E-state index in [1.165, 1.54) is 122 Å². The lowest BCUT2D eigenvalue weighted by Gasteiger charge is -2.21. The van der Waals surface area contributed by atoms with Gasteiger partial charge in [-0.05, 0) is 154 Å². The molecule has 0 aliphatic rings. The molecule has 5 unspecified atom stereocenters. The first-order valence-corrected chi connectivity index (χ1v) is 46.8. The molecular formula is C93H158O16P2. The number of phosphoric ester groups is 2. The minimum atomic E-state index is -4.95. The molecule has 0 spiro atoms. The summed E-state index contributed by atoms with van der Waals surface area (Å²) in [6.07, 6.45) is 107. The molecule has 0 amide bonds. The first kappa shape index (κ1) is 106. The van der Waals surface area contributed by atoms with Gasteiger partial charge >= 0.3 is 33.6 Å². The normalized spacial score (nSPS) is 14.6. The van der Waals surface area contributed by atoms with Crippen LogP contribution in [0.3, 0.4) is 0 Å². The lowest BCUT2D eigenvalue weighted by atomic mass is 10.0. The van der Waals surface area contributed by atoms with Gasteiger partial charge < -0.3 is 34.2 Å². The number of unbranched alkanes of at least 4 members (excludes halogenated alkanes) is 33. The van der Waals surface area contributed by atoms with Crippen LogP contribution in [-0.2, 0) is 55.8 Å². The van der Waals surface area contributed by atoms with Crippen molar-refractivity contribution in [2.24, 2.45) is 0 Å². The Bertz CT molecular complexity index is 2650. The Labute approximate surface area is 676 Å². The van der Waals surface area contributed by atoms with E-state index in [1.807, 2.05) is 0 Å². The zero-order chi connectivity index (χ0) is 80.8. The number of hydrogen-bond acceptors (Lipinski definition) is 14. The third-order valence-corrected chi connectivity index (χ3v) is 20.1. The number of allylic oxidation sites excluding steroid dienone is 26. The van der Waals surface area contributed by atoms with E-state index in [9.17, 15) is 43.5 Å². The number of rotatable bonds is 82. The van der Waals surface area contributed by atoms with Crippen LogP contribution in [0.2, 0.25) is 0 Å². The monoisotopic (exact) mass is 1590 g/mol. The maximum atomic E-state index is 13.1. The quantitative estimate of drug-likeness (QED) is 0.0146. The molecule has 0 aliphatic carbocycles. The van der Waals surface area contributed by atoms with E-state index >= 15 is 0 Å². The molecule has 4 N–H and O–H groups in total. The van der Waals surface area contributed by atoms with Gasteiger partial charge in [-0.2, -0.15) is 0 Å². The Morgan fingerprint density at radius 3 is 0.757 bits per heavy atom. The zero-order valence-electron chi connectivity index (χ0n) is 69.8. The molecule has 636 valence electrons.